The molecule has 0 aliphatic carbocycles. The standard InChI is InChI=1S/C15H22N2O/c1-11-6-4-8-14(12(11)2)15(18)17-9-5-7-13(17)10-16-3/h4,6,8,13,16H,5,7,9-10H2,1-3H3. The van der Waals surface area contributed by atoms with Crippen molar-refractivity contribution in [2.45, 2.75) is 32.7 Å². The van der Waals surface area contributed by atoms with E-state index in [1.54, 1.807) is 0 Å². The van der Waals surface area contributed by atoms with Crippen molar-refractivity contribution in [1.29, 1.82) is 0 Å². The molecule has 0 bridgehead atoms. The van der Waals surface area contributed by atoms with Gasteiger partial charge in [-0.3, -0.25) is 4.79 Å². The fourth-order valence-electron chi connectivity index (χ4n) is 2.69. The molecule has 2 rings (SSSR count). The van der Waals surface area contributed by atoms with Crippen LogP contribution in [0.25, 0.3) is 0 Å². The first-order valence-corrected chi connectivity index (χ1v) is 6.67. The first-order chi connectivity index (χ1) is 8.65. The van der Waals surface area contributed by atoms with Crippen molar-refractivity contribution >= 4 is 5.91 Å². The average molecular weight is 246 g/mol. The number of nitrogens with zero attached hydrogens (tertiary/aromatic N) is 1. The molecule has 1 aliphatic rings. The third kappa shape index (κ3) is 2.41. The second kappa shape index (κ2) is 5.53. The van der Waals surface area contributed by atoms with Gasteiger partial charge in [-0.2, -0.15) is 0 Å². The zero-order valence-corrected chi connectivity index (χ0v) is 11.5. The minimum atomic E-state index is 0.189. The van der Waals surface area contributed by atoms with E-state index in [0.29, 0.717) is 6.04 Å². The molecule has 1 unspecified atom stereocenters. The fraction of sp³-hybridized carbons (Fsp3) is 0.533. The van der Waals surface area contributed by atoms with Gasteiger partial charge in [-0.1, -0.05) is 12.1 Å². The topological polar surface area (TPSA) is 32.3 Å². The number of likely N-dealkylation sites (tertiary alicyclic amines) is 1. The molecule has 0 saturated carbocycles. The number of carbonyl (C=O) groups excluding carboxylic acids is 1. The van der Waals surface area contributed by atoms with E-state index in [1.165, 1.54) is 5.56 Å². The lowest BCUT2D eigenvalue weighted by atomic mass is 10.0. The van der Waals surface area contributed by atoms with Crippen molar-refractivity contribution in [3.8, 4) is 0 Å². The number of hydrogen-bond donors (Lipinski definition) is 1. The lowest BCUT2D eigenvalue weighted by molar-refractivity contribution is 0.0736. The highest BCUT2D eigenvalue weighted by Crippen LogP contribution is 2.22. The number of carbonyl (C=O) groups is 1. The van der Waals surface area contributed by atoms with Gasteiger partial charge in [0.15, 0.2) is 0 Å². The van der Waals surface area contributed by atoms with Crippen LogP contribution in [0.4, 0.5) is 0 Å². The predicted molar refractivity (Wildman–Crippen MR) is 73.9 cm³/mol. The van der Waals surface area contributed by atoms with Gasteiger partial charge in [0, 0.05) is 24.7 Å². The summed E-state index contributed by atoms with van der Waals surface area (Å²) in [5.41, 5.74) is 3.15. The number of likely N-dealkylation sites (N-methyl/N-ethyl adjacent to an activating group) is 1. The molecular formula is C15H22N2O. The quantitative estimate of drug-likeness (QED) is 0.886. The Hall–Kier alpha value is -1.35. The van der Waals surface area contributed by atoms with E-state index in [0.717, 1.165) is 37.1 Å². The van der Waals surface area contributed by atoms with Gasteiger partial charge in [0.05, 0.1) is 0 Å². The van der Waals surface area contributed by atoms with Gasteiger partial charge in [0.2, 0.25) is 0 Å². The molecule has 3 heteroatoms. The predicted octanol–water partition coefficient (Wildman–Crippen LogP) is 2.13. The summed E-state index contributed by atoms with van der Waals surface area (Å²) in [4.78, 5) is 14.6. The number of amides is 1. The van der Waals surface area contributed by atoms with E-state index in [1.807, 2.05) is 31.0 Å². The minimum Gasteiger partial charge on any atom is -0.334 e. The molecule has 1 aliphatic heterocycles. The lowest BCUT2D eigenvalue weighted by Gasteiger charge is -2.25. The van der Waals surface area contributed by atoms with Crippen LogP contribution < -0.4 is 5.32 Å². The average Bonchev–Trinajstić information content (AvgIpc) is 2.80. The van der Waals surface area contributed by atoms with E-state index >= 15 is 0 Å². The number of hydrogen-bond acceptors (Lipinski definition) is 2. The Balaban J connectivity index is 2.23. The number of aryl methyl sites for hydroxylation is 1. The lowest BCUT2D eigenvalue weighted by Crippen LogP contribution is -2.41. The summed E-state index contributed by atoms with van der Waals surface area (Å²) in [5.74, 6) is 0.189. The Bertz CT molecular complexity index is 442. The molecule has 0 spiro atoms. The van der Waals surface area contributed by atoms with E-state index < -0.39 is 0 Å². The Morgan fingerprint density at radius 3 is 2.94 bits per heavy atom. The summed E-state index contributed by atoms with van der Waals surface area (Å²) in [6.07, 6.45) is 2.22. The maximum Gasteiger partial charge on any atom is 0.254 e. The van der Waals surface area contributed by atoms with Crippen LogP contribution in [0.5, 0.6) is 0 Å². The smallest absolute Gasteiger partial charge is 0.254 e. The summed E-state index contributed by atoms with van der Waals surface area (Å²) in [7, 11) is 1.94. The van der Waals surface area contributed by atoms with Crippen LogP contribution in [0, 0.1) is 13.8 Å². The molecule has 1 N–H and O–H groups in total. The van der Waals surface area contributed by atoms with Gasteiger partial charge >= 0.3 is 0 Å². The fourth-order valence-corrected chi connectivity index (χ4v) is 2.69. The van der Waals surface area contributed by atoms with Crippen molar-refractivity contribution in [3.63, 3.8) is 0 Å². The second-order valence-electron chi connectivity index (χ2n) is 5.10. The molecule has 1 saturated heterocycles. The highest BCUT2D eigenvalue weighted by Gasteiger charge is 2.29. The van der Waals surface area contributed by atoms with Gasteiger partial charge < -0.3 is 10.2 Å². The van der Waals surface area contributed by atoms with Gasteiger partial charge in [-0.05, 0) is 50.9 Å². The number of nitrogens with one attached hydrogen (secondary N) is 1. The van der Waals surface area contributed by atoms with Gasteiger partial charge in [0.1, 0.15) is 0 Å². The van der Waals surface area contributed by atoms with Crippen molar-refractivity contribution in [2.24, 2.45) is 0 Å². The maximum absolute atomic E-state index is 12.6. The third-order valence-electron chi connectivity index (χ3n) is 3.91. The Morgan fingerprint density at radius 2 is 2.22 bits per heavy atom. The van der Waals surface area contributed by atoms with Crippen molar-refractivity contribution in [2.75, 3.05) is 20.1 Å². The molecule has 0 aromatic heterocycles. The van der Waals surface area contributed by atoms with Crippen molar-refractivity contribution in [1.82, 2.24) is 10.2 Å². The summed E-state index contributed by atoms with van der Waals surface area (Å²) in [6.45, 7) is 5.86. The van der Waals surface area contributed by atoms with E-state index in [2.05, 4.69) is 18.3 Å². The van der Waals surface area contributed by atoms with Gasteiger partial charge in [0.25, 0.3) is 5.91 Å². The molecule has 1 aromatic rings. The zero-order valence-electron chi connectivity index (χ0n) is 11.5. The Kier molecular flexibility index (Phi) is 4.02. The molecule has 1 atom stereocenters. The first-order valence-electron chi connectivity index (χ1n) is 6.67. The van der Waals surface area contributed by atoms with Crippen molar-refractivity contribution < 1.29 is 4.79 Å². The van der Waals surface area contributed by atoms with Crippen molar-refractivity contribution in [3.05, 3.63) is 34.9 Å². The summed E-state index contributed by atoms with van der Waals surface area (Å²) >= 11 is 0. The normalized spacial score (nSPS) is 19.3. The molecule has 0 radical (unpaired) electrons. The molecule has 1 fully saturated rings. The van der Waals surface area contributed by atoms with Gasteiger partial charge in [-0.15, -0.1) is 0 Å². The van der Waals surface area contributed by atoms with Crippen LogP contribution in [0.2, 0.25) is 0 Å². The summed E-state index contributed by atoms with van der Waals surface area (Å²) in [6, 6.07) is 6.32. The molecule has 1 aromatic carbocycles. The van der Waals surface area contributed by atoms with Crippen LogP contribution in [-0.4, -0.2) is 37.0 Å². The summed E-state index contributed by atoms with van der Waals surface area (Å²) in [5, 5.41) is 3.18. The van der Waals surface area contributed by atoms with Crippen LogP contribution in [0.15, 0.2) is 18.2 Å². The molecule has 3 nitrogen and oxygen atoms in total. The van der Waals surface area contributed by atoms with E-state index in [4.69, 9.17) is 0 Å². The number of rotatable bonds is 3. The first kappa shape index (κ1) is 13.1. The number of benzene rings is 1. The molecular weight excluding hydrogens is 224 g/mol. The Morgan fingerprint density at radius 1 is 1.44 bits per heavy atom. The van der Waals surface area contributed by atoms with Crippen LogP contribution in [0.3, 0.4) is 0 Å². The van der Waals surface area contributed by atoms with Crippen LogP contribution >= 0.6 is 0 Å². The third-order valence-corrected chi connectivity index (χ3v) is 3.91. The molecule has 1 amide bonds. The highest BCUT2D eigenvalue weighted by molar-refractivity contribution is 5.96. The molecule has 18 heavy (non-hydrogen) atoms. The highest BCUT2D eigenvalue weighted by atomic mass is 16.2. The Labute approximate surface area is 109 Å². The van der Waals surface area contributed by atoms with Gasteiger partial charge in [-0.25, -0.2) is 0 Å². The zero-order chi connectivity index (χ0) is 13.1. The van der Waals surface area contributed by atoms with Crippen LogP contribution in [-0.2, 0) is 0 Å². The van der Waals surface area contributed by atoms with Crippen LogP contribution in [0.1, 0.15) is 34.3 Å². The monoisotopic (exact) mass is 246 g/mol. The SMILES string of the molecule is CNCC1CCCN1C(=O)c1cccc(C)c1C. The minimum absolute atomic E-state index is 0.189. The largest absolute Gasteiger partial charge is 0.334 e. The maximum atomic E-state index is 12.6. The molecule has 1 heterocycles. The van der Waals surface area contributed by atoms with E-state index in [9.17, 15) is 4.79 Å². The second-order valence-corrected chi connectivity index (χ2v) is 5.10. The molecule has 98 valence electrons. The van der Waals surface area contributed by atoms with E-state index in [-0.39, 0.29) is 5.91 Å². The summed E-state index contributed by atoms with van der Waals surface area (Å²) < 4.78 is 0.